The molecule has 18 heavy (non-hydrogen) atoms. The molecule has 2 rings (SSSR count). The van der Waals surface area contributed by atoms with Gasteiger partial charge in [0.1, 0.15) is 23.4 Å². The first-order chi connectivity index (χ1) is 8.58. The molecule has 0 fully saturated rings. The molecule has 0 bridgehead atoms. The molecule has 5 heteroatoms. The normalized spacial score (nSPS) is 10.1. The Morgan fingerprint density at radius 3 is 2.44 bits per heavy atom. The van der Waals surface area contributed by atoms with Crippen LogP contribution in [0.2, 0.25) is 0 Å². The maximum Gasteiger partial charge on any atom is 0.128 e. The molecule has 0 atom stereocenters. The van der Waals surface area contributed by atoms with Gasteiger partial charge in [-0.3, -0.25) is 0 Å². The van der Waals surface area contributed by atoms with E-state index in [1.54, 1.807) is 23.9 Å². The Morgan fingerprint density at radius 1 is 1.22 bits per heavy atom. The van der Waals surface area contributed by atoms with Crippen molar-refractivity contribution in [1.82, 2.24) is 4.57 Å². The summed E-state index contributed by atoms with van der Waals surface area (Å²) in [4.78, 5) is 0. The van der Waals surface area contributed by atoms with Crippen molar-refractivity contribution in [2.45, 2.75) is 6.54 Å². The lowest BCUT2D eigenvalue weighted by Crippen LogP contribution is -1.99. The molecule has 0 spiro atoms. The Labute approximate surface area is 103 Å². The third-order valence-electron chi connectivity index (χ3n) is 2.54. The number of nitrogens with zero attached hydrogens (tertiary/aromatic N) is 2. The predicted molar refractivity (Wildman–Crippen MR) is 63.8 cm³/mol. The first-order valence-electron chi connectivity index (χ1n) is 5.34. The van der Waals surface area contributed by atoms with Crippen molar-refractivity contribution in [3.8, 4) is 6.07 Å². The fraction of sp³-hybridized carbons (Fsp3) is 0.154. The van der Waals surface area contributed by atoms with Gasteiger partial charge in [0.2, 0.25) is 0 Å². The summed E-state index contributed by atoms with van der Waals surface area (Å²) in [6.07, 6.45) is 1.79. The number of benzene rings is 1. The van der Waals surface area contributed by atoms with Gasteiger partial charge >= 0.3 is 0 Å². The molecule has 0 unspecified atom stereocenters. The summed E-state index contributed by atoms with van der Waals surface area (Å²) in [5, 5.41) is 11.7. The molecule has 1 aromatic heterocycles. The average molecular weight is 247 g/mol. The zero-order valence-corrected chi connectivity index (χ0v) is 9.74. The Bertz CT molecular complexity index is 591. The number of nitriles is 1. The molecule has 0 amide bonds. The summed E-state index contributed by atoms with van der Waals surface area (Å²) >= 11 is 0. The quantitative estimate of drug-likeness (QED) is 0.906. The summed E-state index contributed by atoms with van der Waals surface area (Å²) in [6.45, 7) is 0.401. The molecule has 0 saturated heterocycles. The Morgan fingerprint density at radius 2 is 1.89 bits per heavy atom. The molecule has 0 saturated carbocycles. The smallest absolute Gasteiger partial charge is 0.128 e. The summed E-state index contributed by atoms with van der Waals surface area (Å²) in [5.74, 6) is -1.24. The molecule has 3 nitrogen and oxygen atoms in total. The van der Waals surface area contributed by atoms with Crippen LogP contribution in [0.4, 0.5) is 14.5 Å². The van der Waals surface area contributed by atoms with Crippen molar-refractivity contribution in [1.29, 1.82) is 5.26 Å². The second-order valence-corrected chi connectivity index (χ2v) is 3.97. The molecule has 1 heterocycles. The third-order valence-corrected chi connectivity index (χ3v) is 2.54. The molecule has 1 N–H and O–H groups in total. The highest BCUT2D eigenvalue weighted by Gasteiger charge is 2.03. The molecule has 0 radical (unpaired) electrons. The summed E-state index contributed by atoms with van der Waals surface area (Å²) in [7, 11) is 1.77. The van der Waals surface area contributed by atoms with Crippen LogP contribution in [0.15, 0.2) is 30.5 Å². The van der Waals surface area contributed by atoms with Crippen LogP contribution in [-0.2, 0) is 13.6 Å². The van der Waals surface area contributed by atoms with Crippen molar-refractivity contribution >= 4 is 5.69 Å². The molecule has 92 valence electrons. The van der Waals surface area contributed by atoms with E-state index in [-0.39, 0.29) is 0 Å². The number of rotatable bonds is 3. The number of anilines is 1. The monoisotopic (exact) mass is 247 g/mol. The van der Waals surface area contributed by atoms with E-state index in [4.69, 9.17) is 5.26 Å². The Hall–Kier alpha value is -2.35. The van der Waals surface area contributed by atoms with Gasteiger partial charge in [0.05, 0.1) is 0 Å². The van der Waals surface area contributed by atoms with Gasteiger partial charge in [-0.05, 0) is 23.8 Å². The van der Waals surface area contributed by atoms with E-state index in [1.165, 1.54) is 12.1 Å². The molecule has 2 aromatic rings. The number of aryl methyl sites for hydroxylation is 1. The van der Waals surface area contributed by atoms with Gasteiger partial charge in [0, 0.05) is 31.5 Å². The number of nitrogens with one attached hydrogen (secondary N) is 1. The van der Waals surface area contributed by atoms with Crippen molar-refractivity contribution in [3.05, 3.63) is 53.4 Å². The van der Waals surface area contributed by atoms with E-state index >= 15 is 0 Å². The maximum absolute atomic E-state index is 12.9. The summed E-state index contributed by atoms with van der Waals surface area (Å²) in [5.41, 5.74) is 1.78. The van der Waals surface area contributed by atoms with E-state index < -0.39 is 11.6 Å². The first kappa shape index (κ1) is 12.1. The summed E-state index contributed by atoms with van der Waals surface area (Å²) < 4.78 is 27.6. The average Bonchev–Trinajstić information content (AvgIpc) is 2.66. The van der Waals surface area contributed by atoms with Crippen molar-refractivity contribution in [2.24, 2.45) is 7.05 Å². The second-order valence-electron chi connectivity index (χ2n) is 3.97. The fourth-order valence-electron chi connectivity index (χ4n) is 1.70. The van der Waals surface area contributed by atoms with E-state index in [2.05, 4.69) is 5.32 Å². The predicted octanol–water partition coefficient (Wildman–Crippen LogP) is 2.79. The minimum Gasteiger partial charge on any atom is -0.381 e. The zero-order chi connectivity index (χ0) is 13.1. The van der Waals surface area contributed by atoms with Crippen LogP contribution in [0.5, 0.6) is 0 Å². The number of hydrogen-bond donors (Lipinski definition) is 1. The largest absolute Gasteiger partial charge is 0.381 e. The lowest BCUT2D eigenvalue weighted by molar-refractivity contribution is 0.584. The lowest BCUT2D eigenvalue weighted by Gasteiger charge is -2.05. The van der Waals surface area contributed by atoms with Crippen molar-refractivity contribution < 1.29 is 8.78 Å². The van der Waals surface area contributed by atoms with Crippen LogP contribution in [0.3, 0.4) is 0 Å². The number of halogens is 2. The van der Waals surface area contributed by atoms with Crippen LogP contribution < -0.4 is 5.32 Å². The van der Waals surface area contributed by atoms with Crippen molar-refractivity contribution in [2.75, 3.05) is 5.32 Å². The molecule has 0 aliphatic heterocycles. The SMILES string of the molecule is Cn1cc(CNc2cc(F)cc(F)c2)cc1C#N. The van der Waals surface area contributed by atoms with Gasteiger partial charge < -0.3 is 9.88 Å². The Kier molecular flexibility index (Phi) is 3.28. The minimum absolute atomic E-state index is 0.370. The number of hydrogen-bond acceptors (Lipinski definition) is 2. The van der Waals surface area contributed by atoms with Crippen molar-refractivity contribution in [3.63, 3.8) is 0 Å². The topological polar surface area (TPSA) is 40.8 Å². The van der Waals surface area contributed by atoms with E-state index in [9.17, 15) is 8.78 Å². The second kappa shape index (κ2) is 4.88. The van der Waals surface area contributed by atoms with Crippen LogP contribution in [-0.4, -0.2) is 4.57 Å². The van der Waals surface area contributed by atoms with Crippen LogP contribution in [0.1, 0.15) is 11.3 Å². The molecule has 1 aromatic carbocycles. The first-order valence-corrected chi connectivity index (χ1v) is 5.34. The van der Waals surface area contributed by atoms with Gasteiger partial charge in [-0.2, -0.15) is 5.26 Å². The minimum atomic E-state index is -0.622. The van der Waals surface area contributed by atoms with Gasteiger partial charge in [-0.15, -0.1) is 0 Å². The highest BCUT2D eigenvalue weighted by Crippen LogP contribution is 2.15. The zero-order valence-electron chi connectivity index (χ0n) is 9.74. The van der Waals surface area contributed by atoms with E-state index in [0.717, 1.165) is 11.6 Å². The standard InChI is InChI=1S/C13H11F2N3/c1-18-8-9(2-13(18)6-16)7-17-12-4-10(14)3-11(15)5-12/h2-5,8,17H,7H2,1H3. The van der Waals surface area contributed by atoms with Gasteiger partial charge in [-0.1, -0.05) is 0 Å². The highest BCUT2D eigenvalue weighted by molar-refractivity contribution is 5.44. The van der Waals surface area contributed by atoms with Crippen LogP contribution in [0, 0.1) is 23.0 Å². The molecule has 0 aliphatic carbocycles. The fourth-order valence-corrected chi connectivity index (χ4v) is 1.70. The van der Waals surface area contributed by atoms with Crippen LogP contribution >= 0.6 is 0 Å². The van der Waals surface area contributed by atoms with Gasteiger partial charge in [0.15, 0.2) is 0 Å². The van der Waals surface area contributed by atoms with Crippen LogP contribution in [0.25, 0.3) is 0 Å². The maximum atomic E-state index is 12.9. The highest BCUT2D eigenvalue weighted by atomic mass is 19.1. The molecular weight excluding hydrogens is 236 g/mol. The van der Waals surface area contributed by atoms with E-state index in [1.807, 2.05) is 6.07 Å². The van der Waals surface area contributed by atoms with Gasteiger partial charge in [-0.25, -0.2) is 8.78 Å². The number of aromatic nitrogens is 1. The third kappa shape index (κ3) is 2.66. The van der Waals surface area contributed by atoms with E-state index in [0.29, 0.717) is 17.9 Å². The summed E-state index contributed by atoms with van der Waals surface area (Å²) in [6, 6.07) is 7.03. The molecular formula is C13H11F2N3. The Balaban J connectivity index is 2.09. The van der Waals surface area contributed by atoms with Gasteiger partial charge in [0.25, 0.3) is 0 Å². The molecule has 0 aliphatic rings. The lowest BCUT2D eigenvalue weighted by atomic mass is 10.2.